The Morgan fingerprint density at radius 1 is 1.26 bits per heavy atom. The van der Waals surface area contributed by atoms with Gasteiger partial charge in [-0.1, -0.05) is 26.0 Å². The van der Waals surface area contributed by atoms with Gasteiger partial charge in [-0.15, -0.1) is 0 Å². The molecule has 0 amide bonds. The van der Waals surface area contributed by atoms with Crippen LogP contribution in [0.5, 0.6) is 0 Å². The van der Waals surface area contributed by atoms with Crippen molar-refractivity contribution in [3.63, 3.8) is 0 Å². The van der Waals surface area contributed by atoms with Crippen LogP contribution in [-0.4, -0.2) is 16.2 Å². The van der Waals surface area contributed by atoms with Gasteiger partial charge in [0.15, 0.2) is 0 Å². The number of carboxylic acids is 1. The van der Waals surface area contributed by atoms with Gasteiger partial charge in [0.05, 0.1) is 17.6 Å². The number of alkyl halides is 3. The zero-order valence-electron chi connectivity index (χ0n) is 10.5. The van der Waals surface area contributed by atoms with E-state index < -0.39 is 35.6 Å². The summed E-state index contributed by atoms with van der Waals surface area (Å²) in [7, 11) is 0. The summed E-state index contributed by atoms with van der Waals surface area (Å²) in [5.41, 5.74) is -0.797. The number of aliphatic carboxylic acids is 1. The van der Waals surface area contributed by atoms with Crippen molar-refractivity contribution < 1.29 is 28.2 Å². The molecule has 0 bridgehead atoms. The third kappa shape index (κ3) is 3.70. The number of rotatable bonds is 4. The molecular formula is C13H15F3O3. The second-order valence-electron chi connectivity index (χ2n) is 4.55. The Hall–Kier alpha value is -1.56. The highest BCUT2D eigenvalue weighted by Crippen LogP contribution is 2.33. The first-order valence-electron chi connectivity index (χ1n) is 5.72. The molecule has 2 N–H and O–H groups in total. The van der Waals surface area contributed by atoms with Crippen LogP contribution in [0.25, 0.3) is 0 Å². The molecule has 3 atom stereocenters. The van der Waals surface area contributed by atoms with E-state index >= 15 is 0 Å². The van der Waals surface area contributed by atoms with E-state index in [0.717, 1.165) is 12.1 Å². The highest BCUT2D eigenvalue weighted by atomic mass is 19.4. The van der Waals surface area contributed by atoms with Gasteiger partial charge in [-0.3, -0.25) is 4.79 Å². The fraction of sp³-hybridized carbons (Fsp3) is 0.462. The summed E-state index contributed by atoms with van der Waals surface area (Å²) in [5.74, 6) is -2.65. The van der Waals surface area contributed by atoms with Crippen LogP contribution in [0.1, 0.15) is 31.1 Å². The molecule has 0 fully saturated rings. The largest absolute Gasteiger partial charge is 0.481 e. The Bertz CT molecular complexity index is 457. The molecule has 0 saturated carbocycles. The van der Waals surface area contributed by atoms with Crippen LogP contribution in [0, 0.1) is 11.8 Å². The van der Waals surface area contributed by atoms with Crippen molar-refractivity contribution in [3.8, 4) is 0 Å². The predicted molar refractivity (Wildman–Crippen MR) is 62.4 cm³/mol. The summed E-state index contributed by atoms with van der Waals surface area (Å²) in [6.07, 6.45) is -5.74. The Labute approximate surface area is 108 Å². The molecule has 3 nitrogen and oxygen atoms in total. The molecule has 3 unspecified atom stereocenters. The maximum Gasteiger partial charge on any atom is 0.416 e. The molecule has 106 valence electrons. The molecule has 19 heavy (non-hydrogen) atoms. The third-order valence-corrected chi connectivity index (χ3v) is 3.23. The molecular weight excluding hydrogens is 261 g/mol. The van der Waals surface area contributed by atoms with E-state index in [4.69, 9.17) is 5.11 Å². The summed E-state index contributed by atoms with van der Waals surface area (Å²) in [5, 5.41) is 18.8. The van der Waals surface area contributed by atoms with Crippen LogP contribution in [-0.2, 0) is 11.0 Å². The number of aliphatic hydroxyl groups is 1. The molecule has 0 aliphatic carbocycles. The molecule has 0 heterocycles. The first-order valence-corrected chi connectivity index (χ1v) is 5.72. The van der Waals surface area contributed by atoms with Crippen molar-refractivity contribution in [1.29, 1.82) is 0 Å². The van der Waals surface area contributed by atoms with Crippen LogP contribution in [0.2, 0.25) is 0 Å². The number of benzene rings is 1. The first-order chi connectivity index (χ1) is 8.64. The predicted octanol–water partition coefficient (Wildman–Crippen LogP) is 3.10. The van der Waals surface area contributed by atoms with Gasteiger partial charge in [-0.25, -0.2) is 0 Å². The molecule has 0 saturated heterocycles. The van der Waals surface area contributed by atoms with Crippen LogP contribution in [0.3, 0.4) is 0 Å². The van der Waals surface area contributed by atoms with Crippen molar-refractivity contribution >= 4 is 5.97 Å². The zero-order valence-corrected chi connectivity index (χ0v) is 10.5. The minimum Gasteiger partial charge on any atom is -0.481 e. The molecule has 0 spiro atoms. The van der Waals surface area contributed by atoms with Gasteiger partial charge in [0, 0.05) is 0 Å². The maximum atomic E-state index is 12.5. The fourth-order valence-electron chi connectivity index (χ4n) is 1.70. The van der Waals surface area contributed by atoms with Crippen LogP contribution < -0.4 is 0 Å². The molecule has 1 aromatic rings. The smallest absolute Gasteiger partial charge is 0.416 e. The normalized spacial score (nSPS) is 16.7. The van der Waals surface area contributed by atoms with Crippen LogP contribution in [0.4, 0.5) is 13.2 Å². The Morgan fingerprint density at radius 2 is 1.84 bits per heavy atom. The van der Waals surface area contributed by atoms with Crippen molar-refractivity contribution in [2.75, 3.05) is 0 Å². The molecule has 0 radical (unpaired) electrons. The number of hydrogen-bond donors (Lipinski definition) is 2. The standard InChI is InChI=1S/C13H15F3O3/c1-7(8(2)12(18)19)11(17)9-4-3-5-10(6-9)13(14,15)16/h3-8,11,17H,1-2H3,(H,18,19). The number of carboxylic acid groups (broad SMARTS) is 1. The topological polar surface area (TPSA) is 57.5 Å². The van der Waals surface area contributed by atoms with Gasteiger partial charge in [0.2, 0.25) is 0 Å². The third-order valence-electron chi connectivity index (χ3n) is 3.23. The monoisotopic (exact) mass is 276 g/mol. The average Bonchev–Trinajstić information content (AvgIpc) is 2.35. The van der Waals surface area contributed by atoms with Gasteiger partial charge in [0.1, 0.15) is 0 Å². The van der Waals surface area contributed by atoms with E-state index in [1.54, 1.807) is 0 Å². The minimum absolute atomic E-state index is 0.0652. The van der Waals surface area contributed by atoms with E-state index in [0.29, 0.717) is 0 Å². The van der Waals surface area contributed by atoms with E-state index in [1.807, 2.05) is 0 Å². The van der Waals surface area contributed by atoms with Gasteiger partial charge in [-0.2, -0.15) is 13.2 Å². The van der Waals surface area contributed by atoms with Crippen LogP contribution >= 0.6 is 0 Å². The lowest BCUT2D eigenvalue weighted by molar-refractivity contribution is -0.144. The van der Waals surface area contributed by atoms with Crippen molar-refractivity contribution in [2.45, 2.75) is 26.1 Å². The first kappa shape index (κ1) is 15.5. The molecule has 1 rings (SSSR count). The van der Waals surface area contributed by atoms with Gasteiger partial charge in [-0.05, 0) is 23.6 Å². The summed E-state index contributed by atoms with van der Waals surface area (Å²) in [6, 6.07) is 4.29. The molecule has 6 heteroatoms. The Kier molecular flexibility index (Phi) is 4.57. The van der Waals surface area contributed by atoms with Crippen molar-refractivity contribution in [2.24, 2.45) is 11.8 Å². The summed E-state index contributed by atoms with van der Waals surface area (Å²) in [4.78, 5) is 10.8. The molecule has 1 aromatic carbocycles. The average molecular weight is 276 g/mol. The van der Waals surface area contributed by atoms with E-state index in [1.165, 1.54) is 26.0 Å². The Balaban J connectivity index is 3.00. The SMILES string of the molecule is CC(C(=O)O)C(C)C(O)c1cccc(C(F)(F)F)c1. The van der Waals surface area contributed by atoms with Gasteiger partial charge >= 0.3 is 12.1 Å². The Morgan fingerprint density at radius 3 is 2.32 bits per heavy atom. The maximum absolute atomic E-state index is 12.5. The molecule has 0 aliphatic heterocycles. The summed E-state index contributed by atoms with van der Waals surface area (Å²) in [6.45, 7) is 2.90. The number of halogens is 3. The van der Waals surface area contributed by atoms with Gasteiger partial charge < -0.3 is 10.2 Å². The van der Waals surface area contributed by atoms with E-state index in [9.17, 15) is 23.1 Å². The number of aliphatic hydroxyl groups excluding tert-OH is 1. The van der Waals surface area contributed by atoms with E-state index in [2.05, 4.69) is 0 Å². The fourth-order valence-corrected chi connectivity index (χ4v) is 1.70. The van der Waals surface area contributed by atoms with Crippen molar-refractivity contribution in [3.05, 3.63) is 35.4 Å². The second-order valence-corrected chi connectivity index (χ2v) is 4.55. The highest BCUT2D eigenvalue weighted by molar-refractivity contribution is 5.69. The van der Waals surface area contributed by atoms with Crippen molar-refractivity contribution in [1.82, 2.24) is 0 Å². The molecule has 0 aliphatic rings. The minimum atomic E-state index is -4.49. The quantitative estimate of drug-likeness (QED) is 0.888. The summed E-state index contributed by atoms with van der Waals surface area (Å²) >= 11 is 0. The lowest BCUT2D eigenvalue weighted by Gasteiger charge is -2.23. The van der Waals surface area contributed by atoms with Crippen LogP contribution in [0.15, 0.2) is 24.3 Å². The van der Waals surface area contributed by atoms with E-state index in [-0.39, 0.29) is 5.56 Å². The lowest BCUT2D eigenvalue weighted by Crippen LogP contribution is -2.24. The summed E-state index contributed by atoms with van der Waals surface area (Å²) < 4.78 is 37.6. The zero-order chi connectivity index (χ0) is 14.8. The van der Waals surface area contributed by atoms with Gasteiger partial charge in [0.25, 0.3) is 0 Å². The number of hydrogen-bond acceptors (Lipinski definition) is 2. The molecule has 0 aromatic heterocycles. The second kappa shape index (κ2) is 5.61. The number of carbonyl (C=O) groups is 1. The highest BCUT2D eigenvalue weighted by Gasteiger charge is 2.32. The lowest BCUT2D eigenvalue weighted by atomic mass is 9.86.